The summed E-state index contributed by atoms with van der Waals surface area (Å²) in [6, 6.07) is 0. The third-order valence-corrected chi connectivity index (χ3v) is 2.24. The summed E-state index contributed by atoms with van der Waals surface area (Å²) in [4.78, 5) is 0. The van der Waals surface area contributed by atoms with E-state index >= 15 is 0 Å². The van der Waals surface area contributed by atoms with Crippen molar-refractivity contribution in [3.63, 3.8) is 0 Å². The van der Waals surface area contributed by atoms with E-state index in [4.69, 9.17) is 0 Å². The molecule has 0 saturated heterocycles. The van der Waals surface area contributed by atoms with Crippen molar-refractivity contribution < 1.29 is 5.11 Å². The van der Waals surface area contributed by atoms with Gasteiger partial charge in [0.1, 0.15) is 0 Å². The SMILES string of the molecule is CCCCCCC#C/C=C\C(O)CCC. The van der Waals surface area contributed by atoms with E-state index in [-0.39, 0.29) is 6.10 Å². The average Bonchev–Trinajstić information content (AvgIpc) is 2.22. The van der Waals surface area contributed by atoms with E-state index in [1.165, 1.54) is 25.7 Å². The second-order valence-corrected chi connectivity index (χ2v) is 3.85. The lowest BCUT2D eigenvalue weighted by molar-refractivity contribution is 0.211. The third-order valence-electron chi connectivity index (χ3n) is 2.24. The fourth-order valence-electron chi connectivity index (χ4n) is 1.32. The lowest BCUT2D eigenvalue weighted by Crippen LogP contribution is -1.99. The normalized spacial score (nSPS) is 12.5. The van der Waals surface area contributed by atoms with E-state index in [0.717, 1.165) is 19.3 Å². The van der Waals surface area contributed by atoms with Crippen LogP contribution in [0.25, 0.3) is 0 Å². The van der Waals surface area contributed by atoms with Crippen molar-refractivity contribution >= 4 is 0 Å². The number of hydrogen-bond donors (Lipinski definition) is 1. The van der Waals surface area contributed by atoms with Crippen LogP contribution < -0.4 is 0 Å². The quantitative estimate of drug-likeness (QED) is 0.500. The van der Waals surface area contributed by atoms with Crippen LogP contribution >= 0.6 is 0 Å². The Bertz CT molecular complexity index is 207. The Morgan fingerprint density at radius 2 is 1.93 bits per heavy atom. The van der Waals surface area contributed by atoms with Gasteiger partial charge in [0, 0.05) is 6.42 Å². The van der Waals surface area contributed by atoms with Gasteiger partial charge in [-0.15, -0.1) is 0 Å². The van der Waals surface area contributed by atoms with Crippen LogP contribution in [0.4, 0.5) is 0 Å². The van der Waals surface area contributed by atoms with Gasteiger partial charge >= 0.3 is 0 Å². The largest absolute Gasteiger partial charge is 0.389 e. The molecule has 0 saturated carbocycles. The minimum absolute atomic E-state index is 0.315. The summed E-state index contributed by atoms with van der Waals surface area (Å²) >= 11 is 0. The molecule has 0 aliphatic heterocycles. The van der Waals surface area contributed by atoms with Gasteiger partial charge in [-0.3, -0.25) is 0 Å². The molecule has 0 fully saturated rings. The number of rotatable bonds is 7. The highest BCUT2D eigenvalue weighted by Crippen LogP contribution is 2.01. The molecular formula is C14H24O. The molecule has 15 heavy (non-hydrogen) atoms. The molecule has 1 heteroatoms. The van der Waals surface area contributed by atoms with Gasteiger partial charge in [-0.2, -0.15) is 0 Å². The summed E-state index contributed by atoms with van der Waals surface area (Å²) in [6.45, 7) is 4.28. The van der Waals surface area contributed by atoms with Gasteiger partial charge in [0.05, 0.1) is 6.10 Å². The lowest BCUT2D eigenvalue weighted by atomic mass is 10.1. The second kappa shape index (κ2) is 11.3. The Kier molecular flexibility index (Phi) is 10.8. The molecule has 0 radical (unpaired) electrons. The Balaban J connectivity index is 3.44. The van der Waals surface area contributed by atoms with Crippen molar-refractivity contribution in [3.8, 4) is 11.8 Å². The van der Waals surface area contributed by atoms with Crippen molar-refractivity contribution in [2.45, 2.75) is 64.9 Å². The summed E-state index contributed by atoms with van der Waals surface area (Å²) in [5, 5.41) is 9.37. The summed E-state index contributed by atoms with van der Waals surface area (Å²) in [5.74, 6) is 6.05. The van der Waals surface area contributed by atoms with Gasteiger partial charge in [-0.1, -0.05) is 51.4 Å². The molecule has 0 aromatic rings. The predicted octanol–water partition coefficient (Wildman–Crippen LogP) is 3.68. The molecule has 0 aliphatic rings. The summed E-state index contributed by atoms with van der Waals surface area (Å²) in [6.07, 6.45) is 11.1. The first-order chi connectivity index (χ1) is 7.31. The highest BCUT2D eigenvalue weighted by molar-refractivity contribution is 5.16. The molecular weight excluding hydrogens is 184 g/mol. The zero-order valence-electron chi connectivity index (χ0n) is 10.1. The molecule has 0 aromatic heterocycles. The molecule has 0 heterocycles. The topological polar surface area (TPSA) is 20.2 Å². The Morgan fingerprint density at radius 1 is 1.13 bits per heavy atom. The van der Waals surface area contributed by atoms with Crippen LogP contribution in [0.3, 0.4) is 0 Å². The molecule has 0 aliphatic carbocycles. The van der Waals surface area contributed by atoms with Crippen molar-refractivity contribution in [1.82, 2.24) is 0 Å². The highest BCUT2D eigenvalue weighted by atomic mass is 16.3. The van der Waals surface area contributed by atoms with Crippen LogP contribution in [-0.2, 0) is 0 Å². The molecule has 0 aromatic carbocycles. The monoisotopic (exact) mass is 208 g/mol. The number of aliphatic hydroxyl groups is 1. The second-order valence-electron chi connectivity index (χ2n) is 3.85. The van der Waals surface area contributed by atoms with Gasteiger partial charge in [-0.05, 0) is 25.0 Å². The Hall–Kier alpha value is -0.740. The molecule has 86 valence electrons. The molecule has 1 N–H and O–H groups in total. The number of unbranched alkanes of at least 4 members (excludes halogenated alkanes) is 4. The summed E-state index contributed by atoms with van der Waals surface area (Å²) in [7, 11) is 0. The van der Waals surface area contributed by atoms with Crippen LogP contribution in [0.1, 0.15) is 58.8 Å². The van der Waals surface area contributed by atoms with Crippen LogP contribution in [0.2, 0.25) is 0 Å². The molecule has 1 atom stereocenters. The lowest BCUT2D eigenvalue weighted by Gasteiger charge is -1.99. The molecule has 0 amide bonds. The first-order valence-corrected chi connectivity index (χ1v) is 6.14. The van der Waals surface area contributed by atoms with Crippen LogP contribution in [0, 0.1) is 11.8 Å². The molecule has 1 nitrogen and oxygen atoms in total. The summed E-state index contributed by atoms with van der Waals surface area (Å²) < 4.78 is 0. The smallest absolute Gasteiger partial charge is 0.0730 e. The fraction of sp³-hybridized carbons (Fsp3) is 0.714. The van der Waals surface area contributed by atoms with E-state index in [2.05, 4.69) is 25.7 Å². The number of aliphatic hydroxyl groups excluding tert-OH is 1. The first kappa shape index (κ1) is 14.3. The zero-order chi connectivity index (χ0) is 11.4. The Labute approximate surface area is 94.6 Å². The first-order valence-electron chi connectivity index (χ1n) is 6.14. The average molecular weight is 208 g/mol. The molecule has 0 bridgehead atoms. The van der Waals surface area contributed by atoms with E-state index in [9.17, 15) is 5.11 Å². The van der Waals surface area contributed by atoms with E-state index < -0.39 is 0 Å². The standard InChI is InChI=1S/C14H24O/c1-3-5-6-7-8-9-10-11-13-14(15)12-4-2/h11,13-15H,3-8,12H2,1-2H3/b13-11-. The zero-order valence-corrected chi connectivity index (χ0v) is 10.1. The van der Waals surface area contributed by atoms with Crippen LogP contribution in [-0.4, -0.2) is 11.2 Å². The highest BCUT2D eigenvalue weighted by Gasteiger charge is 1.93. The van der Waals surface area contributed by atoms with Gasteiger partial charge in [0.25, 0.3) is 0 Å². The van der Waals surface area contributed by atoms with Gasteiger partial charge in [-0.25, -0.2) is 0 Å². The maximum absolute atomic E-state index is 9.37. The Morgan fingerprint density at radius 3 is 2.60 bits per heavy atom. The van der Waals surface area contributed by atoms with Gasteiger partial charge in [0.15, 0.2) is 0 Å². The van der Waals surface area contributed by atoms with E-state index in [1.54, 1.807) is 12.2 Å². The van der Waals surface area contributed by atoms with E-state index in [1.807, 2.05) is 0 Å². The van der Waals surface area contributed by atoms with Crippen molar-refractivity contribution in [3.05, 3.63) is 12.2 Å². The fourth-order valence-corrected chi connectivity index (χ4v) is 1.32. The summed E-state index contributed by atoms with van der Waals surface area (Å²) in [5.41, 5.74) is 0. The minimum Gasteiger partial charge on any atom is -0.389 e. The van der Waals surface area contributed by atoms with Crippen molar-refractivity contribution in [2.24, 2.45) is 0 Å². The number of allylic oxidation sites excluding steroid dienone is 1. The molecule has 1 unspecified atom stereocenters. The molecule has 0 rings (SSSR count). The number of hydrogen-bond acceptors (Lipinski definition) is 1. The third kappa shape index (κ3) is 11.2. The van der Waals surface area contributed by atoms with Crippen molar-refractivity contribution in [1.29, 1.82) is 0 Å². The van der Waals surface area contributed by atoms with Crippen LogP contribution in [0.15, 0.2) is 12.2 Å². The minimum atomic E-state index is -0.315. The van der Waals surface area contributed by atoms with Gasteiger partial charge < -0.3 is 5.11 Å². The van der Waals surface area contributed by atoms with Crippen molar-refractivity contribution in [2.75, 3.05) is 0 Å². The van der Waals surface area contributed by atoms with E-state index in [0.29, 0.717) is 0 Å². The van der Waals surface area contributed by atoms with Crippen LogP contribution in [0.5, 0.6) is 0 Å². The maximum atomic E-state index is 9.37. The maximum Gasteiger partial charge on any atom is 0.0730 e. The van der Waals surface area contributed by atoms with Gasteiger partial charge in [0.2, 0.25) is 0 Å². The molecule has 0 spiro atoms. The predicted molar refractivity (Wildman–Crippen MR) is 66.6 cm³/mol.